The lowest BCUT2D eigenvalue weighted by atomic mass is 10.1. The van der Waals surface area contributed by atoms with E-state index in [9.17, 15) is 13.6 Å². The van der Waals surface area contributed by atoms with Crippen molar-refractivity contribution in [2.45, 2.75) is 13.5 Å². The first kappa shape index (κ1) is 16.5. The quantitative estimate of drug-likeness (QED) is 0.670. The van der Waals surface area contributed by atoms with Crippen LogP contribution in [-0.4, -0.2) is 17.9 Å². The Labute approximate surface area is 142 Å². The molecule has 2 aromatic carbocycles. The second-order valence-corrected chi connectivity index (χ2v) is 5.97. The monoisotopic (exact) mass is 349 g/mol. The molecule has 0 aliphatic carbocycles. The summed E-state index contributed by atoms with van der Waals surface area (Å²) in [5.74, 6) is -1.21. The molecule has 0 aliphatic heterocycles. The predicted molar refractivity (Wildman–Crippen MR) is 88.1 cm³/mol. The molecule has 1 amide bonds. The van der Waals surface area contributed by atoms with Gasteiger partial charge in [-0.05, 0) is 37.3 Å². The average Bonchev–Trinajstić information content (AvgIpc) is 2.87. The van der Waals surface area contributed by atoms with Crippen LogP contribution in [0.4, 0.5) is 8.78 Å². The number of nitrogens with zero attached hydrogens (tertiary/aromatic N) is 1. The van der Waals surface area contributed by atoms with Crippen molar-refractivity contribution in [2.75, 3.05) is 7.05 Å². The summed E-state index contributed by atoms with van der Waals surface area (Å²) in [4.78, 5) is 13.9. The van der Waals surface area contributed by atoms with Gasteiger partial charge >= 0.3 is 0 Å². The van der Waals surface area contributed by atoms with E-state index >= 15 is 0 Å². The van der Waals surface area contributed by atoms with E-state index in [-0.39, 0.29) is 22.9 Å². The number of hydrogen-bond donors (Lipinski definition) is 0. The van der Waals surface area contributed by atoms with Gasteiger partial charge in [-0.25, -0.2) is 8.78 Å². The van der Waals surface area contributed by atoms with Gasteiger partial charge in [0.2, 0.25) is 0 Å². The molecule has 124 valence electrons. The lowest BCUT2D eigenvalue weighted by molar-refractivity contribution is 0.0753. The highest BCUT2D eigenvalue weighted by atomic mass is 35.5. The molecule has 0 spiro atoms. The van der Waals surface area contributed by atoms with Gasteiger partial charge in [0.05, 0.1) is 6.54 Å². The van der Waals surface area contributed by atoms with Crippen LogP contribution in [0.5, 0.6) is 0 Å². The van der Waals surface area contributed by atoms with E-state index in [0.717, 1.165) is 0 Å². The Kier molecular flexibility index (Phi) is 4.28. The third-order valence-electron chi connectivity index (χ3n) is 3.90. The molecule has 0 saturated heterocycles. The molecule has 0 unspecified atom stereocenters. The van der Waals surface area contributed by atoms with Gasteiger partial charge in [-0.3, -0.25) is 4.79 Å². The average molecular weight is 350 g/mol. The van der Waals surface area contributed by atoms with E-state index in [1.54, 1.807) is 13.0 Å². The van der Waals surface area contributed by atoms with Gasteiger partial charge in [-0.15, -0.1) is 0 Å². The molecule has 3 rings (SSSR count). The number of carbonyl (C=O) groups is 1. The number of fused-ring (bicyclic) bond motifs is 1. The molecule has 0 radical (unpaired) electrons. The van der Waals surface area contributed by atoms with E-state index in [2.05, 4.69) is 0 Å². The third kappa shape index (κ3) is 2.87. The number of rotatable bonds is 3. The van der Waals surface area contributed by atoms with Crippen LogP contribution in [0.2, 0.25) is 5.02 Å². The van der Waals surface area contributed by atoms with Crippen LogP contribution in [0.3, 0.4) is 0 Å². The lowest BCUT2D eigenvalue weighted by Crippen LogP contribution is -2.27. The summed E-state index contributed by atoms with van der Waals surface area (Å²) < 4.78 is 32.8. The molecule has 3 nitrogen and oxygen atoms in total. The van der Waals surface area contributed by atoms with E-state index < -0.39 is 17.5 Å². The third-order valence-corrected chi connectivity index (χ3v) is 4.25. The number of hydrogen-bond acceptors (Lipinski definition) is 2. The molecular formula is C18H14ClF2NO2. The Morgan fingerprint density at radius 1 is 1.25 bits per heavy atom. The standard InChI is InChI=1S/C18H14ClF2NO2/c1-10-12-8-11(20)6-7-16(12)24-17(10)18(23)22(2)9-13-14(19)4-3-5-15(13)21/h3-8H,9H2,1-2H3. The number of amides is 1. The van der Waals surface area contributed by atoms with Crippen LogP contribution in [0, 0.1) is 18.6 Å². The maximum absolute atomic E-state index is 13.9. The number of carbonyl (C=O) groups excluding carboxylic acids is 1. The molecule has 1 heterocycles. The zero-order valence-corrected chi connectivity index (χ0v) is 13.8. The first-order valence-electron chi connectivity index (χ1n) is 7.25. The van der Waals surface area contributed by atoms with Crippen molar-refractivity contribution in [2.24, 2.45) is 0 Å². The number of halogens is 3. The Hall–Kier alpha value is -2.40. The fraction of sp³-hybridized carbons (Fsp3) is 0.167. The summed E-state index contributed by atoms with van der Waals surface area (Å²) in [7, 11) is 1.53. The molecule has 0 bridgehead atoms. The van der Waals surface area contributed by atoms with E-state index in [1.807, 2.05) is 0 Å². The Balaban J connectivity index is 1.93. The zero-order chi connectivity index (χ0) is 17.4. The van der Waals surface area contributed by atoms with Crippen molar-refractivity contribution in [3.63, 3.8) is 0 Å². The van der Waals surface area contributed by atoms with Gasteiger partial charge in [-0.2, -0.15) is 0 Å². The minimum atomic E-state index is -0.481. The number of furan rings is 1. The van der Waals surface area contributed by atoms with Crippen LogP contribution >= 0.6 is 11.6 Å². The molecule has 24 heavy (non-hydrogen) atoms. The van der Waals surface area contributed by atoms with Crippen molar-refractivity contribution in [3.05, 3.63) is 69.9 Å². The Morgan fingerprint density at radius 2 is 2.00 bits per heavy atom. The highest BCUT2D eigenvalue weighted by molar-refractivity contribution is 6.31. The summed E-state index contributed by atoms with van der Waals surface area (Å²) in [5, 5.41) is 0.786. The van der Waals surface area contributed by atoms with Crippen LogP contribution in [0.25, 0.3) is 11.0 Å². The summed E-state index contributed by atoms with van der Waals surface area (Å²) in [5.41, 5.74) is 1.20. The van der Waals surface area contributed by atoms with Crippen LogP contribution in [-0.2, 0) is 6.54 Å². The highest BCUT2D eigenvalue weighted by Gasteiger charge is 2.22. The summed E-state index contributed by atoms with van der Waals surface area (Å²) in [6.07, 6.45) is 0. The molecule has 6 heteroatoms. The van der Waals surface area contributed by atoms with E-state index in [0.29, 0.717) is 16.5 Å². The Morgan fingerprint density at radius 3 is 2.71 bits per heavy atom. The predicted octanol–water partition coefficient (Wildman–Crippen LogP) is 4.95. The van der Waals surface area contributed by atoms with Crippen molar-refractivity contribution in [1.82, 2.24) is 4.90 Å². The maximum Gasteiger partial charge on any atom is 0.289 e. The second-order valence-electron chi connectivity index (χ2n) is 5.56. The van der Waals surface area contributed by atoms with Crippen LogP contribution in [0.1, 0.15) is 21.7 Å². The number of benzene rings is 2. The zero-order valence-electron chi connectivity index (χ0n) is 13.1. The topological polar surface area (TPSA) is 33.5 Å². The summed E-state index contributed by atoms with van der Waals surface area (Å²) >= 11 is 5.99. The van der Waals surface area contributed by atoms with Gasteiger partial charge in [0, 0.05) is 28.6 Å². The van der Waals surface area contributed by atoms with Gasteiger partial charge < -0.3 is 9.32 Å². The SMILES string of the molecule is Cc1c(C(=O)N(C)Cc2c(F)cccc2Cl)oc2ccc(F)cc12. The molecule has 0 saturated carbocycles. The van der Waals surface area contributed by atoms with Crippen LogP contribution < -0.4 is 0 Å². The van der Waals surface area contributed by atoms with Gasteiger partial charge in [0.25, 0.3) is 5.91 Å². The van der Waals surface area contributed by atoms with Crippen LogP contribution in [0.15, 0.2) is 40.8 Å². The van der Waals surface area contributed by atoms with Gasteiger partial charge in [0.1, 0.15) is 17.2 Å². The second kappa shape index (κ2) is 6.24. The fourth-order valence-corrected chi connectivity index (χ4v) is 2.79. The fourth-order valence-electron chi connectivity index (χ4n) is 2.56. The minimum Gasteiger partial charge on any atom is -0.451 e. The van der Waals surface area contributed by atoms with Crippen molar-refractivity contribution in [3.8, 4) is 0 Å². The molecule has 1 aromatic heterocycles. The Bertz CT molecular complexity index is 916. The minimum absolute atomic E-state index is 0.00478. The summed E-state index contributed by atoms with van der Waals surface area (Å²) in [6.45, 7) is 1.68. The normalized spacial score (nSPS) is 11.0. The first-order chi connectivity index (χ1) is 11.4. The maximum atomic E-state index is 13.9. The van der Waals surface area contributed by atoms with Gasteiger partial charge in [-0.1, -0.05) is 17.7 Å². The molecule has 0 fully saturated rings. The first-order valence-corrected chi connectivity index (χ1v) is 7.63. The van der Waals surface area contributed by atoms with Crippen molar-refractivity contribution in [1.29, 1.82) is 0 Å². The van der Waals surface area contributed by atoms with Gasteiger partial charge in [0.15, 0.2) is 5.76 Å². The molecule has 0 atom stereocenters. The number of aryl methyl sites for hydroxylation is 1. The van der Waals surface area contributed by atoms with Crippen molar-refractivity contribution < 1.29 is 18.0 Å². The largest absolute Gasteiger partial charge is 0.451 e. The summed E-state index contributed by atoms with van der Waals surface area (Å²) in [6, 6.07) is 8.41. The van der Waals surface area contributed by atoms with E-state index in [1.165, 1.54) is 42.3 Å². The van der Waals surface area contributed by atoms with Crippen molar-refractivity contribution >= 4 is 28.5 Å². The lowest BCUT2D eigenvalue weighted by Gasteiger charge is -2.17. The van der Waals surface area contributed by atoms with E-state index in [4.69, 9.17) is 16.0 Å². The molecule has 0 N–H and O–H groups in total. The molecular weight excluding hydrogens is 336 g/mol. The molecule has 3 aromatic rings. The smallest absolute Gasteiger partial charge is 0.289 e. The molecule has 0 aliphatic rings. The highest BCUT2D eigenvalue weighted by Crippen LogP contribution is 2.28.